The van der Waals surface area contributed by atoms with Crippen molar-refractivity contribution in [3.8, 4) is 0 Å². The van der Waals surface area contributed by atoms with E-state index in [4.69, 9.17) is 0 Å². The SMILES string of the molecule is CCCCn1cncc1/C=C(\C)CCC=C(C)C. The molecule has 0 spiro atoms. The minimum Gasteiger partial charge on any atom is -0.331 e. The van der Waals surface area contributed by atoms with Crippen LogP contribution in [-0.4, -0.2) is 9.55 Å². The van der Waals surface area contributed by atoms with Gasteiger partial charge >= 0.3 is 0 Å². The average Bonchev–Trinajstić information content (AvgIpc) is 2.73. The van der Waals surface area contributed by atoms with Crippen LogP contribution in [0.15, 0.2) is 29.7 Å². The first-order valence-electron chi connectivity index (χ1n) is 6.94. The predicted molar refractivity (Wildman–Crippen MR) is 79.5 cm³/mol. The zero-order chi connectivity index (χ0) is 13.4. The quantitative estimate of drug-likeness (QED) is 0.630. The van der Waals surface area contributed by atoms with Crippen molar-refractivity contribution in [1.29, 1.82) is 0 Å². The van der Waals surface area contributed by atoms with E-state index < -0.39 is 0 Å². The fraction of sp³-hybridized carbons (Fsp3) is 0.562. The summed E-state index contributed by atoms with van der Waals surface area (Å²) in [5, 5.41) is 0. The van der Waals surface area contributed by atoms with Gasteiger partial charge in [-0.25, -0.2) is 4.98 Å². The van der Waals surface area contributed by atoms with Crippen molar-refractivity contribution in [3.05, 3.63) is 35.4 Å². The number of hydrogen-bond donors (Lipinski definition) is 0. The van der Waals surface area contributed by atoms with Crippen LogP contribution in [0.3, 0.4) is 0 Å². The minimum absolute atomic E-state index is 1.07. The van der Waals surface area contributed by atoms with Gasteiger partial charge < -0.3 is 4.57 Å². The molecule has 1 aromatic heterocycles. The Morgan fingerprint density at radius 2 is 2.11 bits per heavy atom. The molecule has 0 aliphatic heterocycles. The summed E-state index contributed by atoms with van der Waals surface area (Å²) in [6.45, 7) is 9.80. The molecule has 18 heavy (non-hydrogen) atoms. The molecule has 0 bridgehead atoms. The molecule has 0 aromatic carbocycles. The number of unbranched alkanes of at least 4 members (excludes halogenated alkanes) is 1. The number of imidazole rings is 1. The molecule has 2 heteroatoms. The molecule has 0 saturated heterocycles. The van der Waals surface area contributed by atoms with E-state index in [1.165, 1.54) is 29.7 Å². The van der Waals surface area contributed by atoms with Gasteiger partial charge in [-0.15, -0.1) is 0 Å². The van der Waals surface area contributed by atoms with Crippen molar-refractivity contribution in [1.82, 2.24) is 9.55 Å². The van der Waals surface area contributed by atoms with Gasteiger partial charge in [0.1, 0.15) is 0 Å². The maximum atomic E-state index is 4.24. The van der Waals surface area contributed by atoms with Gasteiger partial charge in [0, 0.05) is 6.54 Å². The van der Waals surface area contributed by atoms with Crippen LogP contribution in [0.25, 0.3) is 6.08 Å². The predicted octanol–water partition coefficient (Wildman–Crippen LogP) is 4.83. The van der Waals surface area contributed by atoms with Gasteiger partial charge in [0.05, 0.1) is 18.2 Å². The zero-order valence-electron chi connectivity index (χ0n) is 12.2. The molecule has 0 unspecified atom stereocenters. The van der Waals surface area contributed by atoms with Crippen molar-refractivity contribution in [2.24, 2.45) is 0 Å². The van der Waals surface area contributed by atoms with Crippen LogP contribution in [0.4, 0.5) is 0 Å². The molecular formula is C16H26N2. The number of aryl methyl sites for hydroxylation is 1. The van der Waals surface area contributed by atoms with Gasteiger partial charge in [0.2, 0.25) is 0 Å². The number of nitrogens with zero attached hydrogens (tertiary/aromatic N) is 2. The molecule has 1 heterocycles. The molecule has 2 nitrogen and oxygen atoms in total. The highest BCUT2D eigenvalue weighted by molar-refractivity contribution is 5.47. The normalized spacial score (nSPS) is 11.7. The Kier molecular flexibility index (Phi) is 6.48. The van der Waals surface area contributed by atoms with E-state index in [2.05, 4.69) is 49.4 Å². The summed E-state index contributed by atoms with van der Waals surface area (Å²) in [5.74, 6) is 0. The molecule has 0 radical (unpaired) electrons. The number of aromatic nitrogens is 2. The lowest BCUT2D eigenvalue weighted by atomic mass is 10.1. The minimum atomic E-state index is 1.07. The lowest BCUT2D eigenvalue weighted by Crippen LogP contribution is -1.98. The van der Waals surface area contributed by atoms with E-state index in [-0.39, 0.29) is 0 Å². The monoisotopic (exact) mass is 246 g/mol. The molecule has 0 saturated carbocycles. The van der Waals surface area contributed by atoms with Crippen LogP contribution in [0.1, 0.15) is 59.1 Å². The maximum Gasteiger partial charge on any atom is 0.0950 e. The third-order valence-electron chi connectivity index (χ3n) is 2.98. The third-order valence-corrected chi connectivity index (χ3v) is 2.98. The molecule has 0 fully saturated rings. The Labute approximate surface area is 111 Å². The Morgan fingerprint density at radius 1 is 1.33 bits per heavy atom. The van der Waals surface area contributed by atoms with E-state index in [1.807, 2.05) is 12.5 Å². The maximum absolute atomic E-state index is 4.24. The fourth-order valence-electron chi connectivity index (χ4n) is 1.88. The molecule has 0 aliphatic carbocycles. The second-order valence-electron chi connectivity index (χ2n) is 5.18. The smallest absolute Gasteiger partial charge is 0.0950 e. The molecular weight excluding hydrogens is 220 g/mol. The lowest BCUT2D eigenvalue weighted by Gasteiger charge is -2.05. The Morgan fingerprint density at radius 3 is 2.78 bits per heavy atom. The summed E-state index contributed by atoms with van der Waals surface area (Å²) in [6, 6.07) is 0. The third kappa shape index (κ3) is 5.35. The summed E-state index contributed by atoms with van der Waals surface area (Å²) in [5.41, 5.74) is 4.06. The Balaban J connectivity index is 2.58. The van der Waals surface area contributed by atoms with Crippen LogP contribution in [0, 0.1) is 0 Å². The molecule has 0 amide bonds. The van der Waals surface area contributed by atoms with Crippen LogP contribution in [0.2, 0.25) is 0 Å². The standard InChI is InChI=1S/C16H26N2/c1-5-6-10-18-13-17-12-16(18)11-15(4)9-7-8-14(2)3/h8,11-13H,5-7,9-10H2,1-4H3/b15-11+. The van der Waals surface area contributed by atoms with Gasteiger partial charge in [-0.2, -0.15) is 0 Å². The van der Waals surface area contributed by atoms with Crippen LogP contribution >= 0.6 is 0 Å². The summed E-state index contributed by atoms with van der Waals surface area (Å²) < 4.78 is 2.24. The average molecular weight is 246 g/mol. The number of allylic oxidation sites excluding steroid dienone is 3. The van der Waals surface area contributed by atoms with E-state index in [0.717, 1.165) is 19.4 Å². The van der Waals surface area contributed by atoms with Gasteiger partial charge in [-0.05, 0) is 46.1 Å². The van der Waals surface area contributed by atoms with Crippen molar-refractivity contribution >= 4 is 6.08 Å². The van der Waals surface area contributed by atoms with Crippen molar-refractivity contribution in [2.75, 3.05) is 0 Å². The largest absolute Gasteiger partial charge is 0.331 e. The topological polar surface area (TPSA) is 17.8 Å². The Bertz CT molecular complexity index is 406. The fourth-order valence-corrected chi connectivity index (χ4v) is 1.88. The second kappa shape index (κ2) is 7.91. The van der Waals surface area contributed by atoms with E-state index >= 15 is 0 Å². The van der Waals surface area contributed by atoms with Crippen LogP contribution in [-0.2, 0) is 6.54 Å². The number of hydrogen-bond acceptors (Lipinski definition) is 1. The first-order chi connectivity index (χ1) is 8.63. The Hall–Kier alpha value is -1.31. The van der Waals surface area contributed by atoms with E-state index in [0.29, 0.717) is 0 Å². The molecule has 1 rings (SSSR count). The lowest BCUT2D eigenvalue weighted by molar-refractivity contribution is 0.627. The van der Waals surface area contributed by atoms with Crippen LogP contribution in [0.5, 0.6) is 0 Å². The molecule has 100 valence electrons. The molecule has 1 aromatic rings. The highest BCUT2D eigenvalue weighted by Crippen LogP contribution is 2.12. The van der Waals surface area contributed by atoms with Gasteiger partial charge in [-0.3, -0.25) is 0 Å². The van der Waals surface area contributed by atoms with Gasteiger partial charge in [-0.1, -0.05) is 30.6 Å². The summed E-state index contributed by atoms with van der Waals surface area (Å²) in [7, 11) is 0. The zero-order valence-corrected chi connectivity index (χ0v) is 12.2. The van der Waals surface area contributed by atoms with Gasteiger partial charge in [0.25, 0.3) is 0 Å². The highest BCUT2D eigenvalue weighted by atomic mass is 15.0. The second-order valence-corrected chi connectivity index (χ2v) is 5.18. The van der Waals surface area contributed by atoms with E-state index in [9.17, 15) is 0 Å². The van der Waals surface area contributed by atoms with Crippen molar-refractivity contribution in [3.63, 3.8) is 0 Å². The molecule has 0 N–H and O–H groups in total. The summed E-state index contributed by atoms with van der Waals surface area (Å²) in [6.07, 6.45) is 13.2. The van der Waals surface area contributed by atoms with E-state index in [1.54, 1.807) is 0 Å². The first kappa shape index (κ1) is 14.7. The van der Waals surface area contributed by atoms with Gasteiger partial charge in [0.15, 0.2) is 0 Å². The molecule has 0 atom stereocenters. The first-order valence-corrected chi connectivity index (χ1v) is 6.94. The number of rotatable bonds is 7. The molecule has 0 aliphatic rings. The van der Waals surface area contributed by atoms with Crippen molar-refractivity contribution < 1.29 is 0 Å². The van der Waals surface area contributed by atoms with Crippen molar-refractivity contribution in [2.45, 2.75) is 59.9 Å². The highest BCUT2D eigenvalue weighted by Gasteiger charge is 1.99. The summed E-state index contributed by atoms with van der Waals surface area (Å²) >= 11 is 0. The summed E-state index contributed by atoms with van der Waals surface area (Å²) in [4.78, 5) is 4.24. The van der Waals surface area contributed by atoms with Crippen LogP contribution < -0.4 is 0 Å².